The van der Waals surface area contributed by atoms with Crippen LogP contribution in [0, 0.1) is 15.9 Å². The van der Waals surface area contributed by atoms with Gasteiger partial charge in [0.05, 0.1) is 9.82 Å². The summed E-state index contributed by atoms with van der Waals surface area (Å²) in [6.45, 7) is -0.0191. The summed E-state index contributed by atoms with van der Waals surface area (Å²) in [5, 5.41) is 10.5. The van der Waals surface area contributed by atoms with Gasteiger partial charge in [-0.3, -0.25) is 15.1 Å². The molecule has 0 amide bonds. The Morgan fingerprint density at radius 1 is 1.33 bits per heavy atom. The lowest BCUT2D eigenvalue weighted by Crippen LogP contribution is -2.23. The highest BCUT2D eigenvalue weighted by Crippen LogP contribution is 2.20. The van der Waals surface area contributed by atoms with Crippen LogP contribution in [0.1, 0.15) is 5.56 Å². The van der Waals surface area contributed by atoms with E-state index in [4.69, 9.17) is 0 Å². The Labute approximate surface area is 119 Å². The smallest absolute Gasteiger partial charge is 0.264 e. The van der Waals surface area contributed by atoms with E-state index in [2.05, 4.69) is 9.71 Å². The van der Waals surface area contributed by atoms with Crippen molar-refractivity contribution in [3.05, 3.63) is 64.2 Å². The first-order chi connectivity index (χ1) is 9.90. The van der Waals surface area contributed by atoms with Crippen LogP contribution in [0.25, 0.3) is 0 Å². The molecule has 9 heteroatoms. The van der Waals surface area contributed by atoms with Gasteiger partial charge < -0.3 is 0 Å². The lowest BCUT2D eigenvalue weighted by Gasteiger charge is -2.06. The van der Waals surface area contributed by atoms with Gasteiger partial charge in [0.2, 0.25) is 15.8 Å². The molecule has 0 saturated heterocycles. The van der Waals surface area contributed by atoms with Crippen LogP contribution < -0.4 is 4.72 Å². The van der Waals surface area contributed by atoms with Gasteiger partial charge in [-0.1, -0.05) is 6.07 Å². The van der Waals surface area contributed by atoms with Crippen LogP contribution in [-0.4, -0.2) is 18.3 Å². The number of hydrogen-bond donors (Lipinski definition) is 1. The first-order valence-electron chi connectivity index (χ1n) is 5.72. The van der Waals surface area contributed by atoms with E-state index in [1.165, 1.54) is 6.20 Å². The molecule has 7 nitrogen and oxygen atoms in total. The largest absolute Gasteiger partial charge is 0.304 e. The Morgan fingerprint density at radius 3 is 2.67 bits per heavy atom. The van der Waals surface area contributed by atoms with Crippen molar-refractivity contribution in [2.75, 3.05) is 0 Å². The zero-order chi connectivity index (χ0) is 15.5. The van der Waals surface area contributed by atoms with Gasteiger partial charge in [0.15, 0.2) is 0 Å². The molecule has 0 saturated carbocycles. The Kier molecular flexibility index (Phi) is 4.24. The van der Waals surface area contributed by atoms with Gasteiger partial charge in [0.25, 0.3) is 0 Å². The summed E-state index contributed by atoms with van der Waals surface area (Å²) < 4.78 is 39.7. The average Bonchev–Trinajstić information content (AvgIpc) is 2.46. The predicted octanol–water partition coefficient (Wildman–Crippen LogP) is 1.61. The molecule has 0 aliphatic heterocycles. The van der Waals surface area contributed by atoms with E-state index in [0.717, 1.165) is 12.1 Å². The topological polar surface area (TPSA) is 102 Å². The Bertz CT molecular complexity index is 765. The number of nitrogens with one attached hydrogen (secondary N) is 1. The standard InChI is InChI=1S/C12H10FN3O4S/c13-11-6-10(3-4-12(11)16(17)18)21(19,20)15-8-9-2-1-5-14-7-9/h1-7,15H,8H2. The molecular formula is C12H10FN3O4S. The molecule has 0 fully saturated rings. The molecule has 1 aromatic heterocycles. The number of rotatable bonds is 5. The fourth-order valence-electron chi connectivity index (χ4n) is 1.57. The van der Waals surface area contributed by atoms with Crippen LogP contribution >= 0.6 is 0 Å². The molecule has 1 heterocycles. The van der Waals surface area contributed by atoms with E-state index in [9.17, 15) is 22.9 Å². The van der Waals surface area contributed by atoms with Gasteiger partial charge in [-0.05, 0) is 17.7 Å². The number of halogens is 1. The lowest BCUT2D eigenvalue weighted by molar-refractivity contribution is -0.387. The highest BCUT2D eigenvalue weighted by Gasteiger charge is 2.20. The zero-order valence-electron chi connectivity index (χ0n) is 10.6. The Balaban J connectivity index is 2.20. The van der Waals surface area contributed by atoms with Crippen molar-refractivity contribution in [1.29, 1.82) is 0 Å². The summed E-state index contributed by atoms with van der Waals surface area (Å²) in [6.07, 6.45) is 3.03. The van der Waals surface area contributed by atoms with E-state index in [0.29, 0.717) is 11.6 Å². The van der Waals surface area contributed by atoms with Crippen molar-refractivity contribution in [2.45, 2.75) is 11.4 Å². The number of pyridine rings is 1. The molecular weight excluding hydrogens is 301 g/mol. The van der Waals surface area contributed by atoms with E-state index in [1.807, 2.05) is 0 Å². The fourth-order valence-corrected chi connectivity index (χ4v) is 2.60. The molecule has 0 aliphatic carbocycles. The number of aromatic nitrogens is 1. The predicted molar refractivity (Wildman–Crippen MR) is 71.3 cm³/mol. The van der Waals surface area contributed by atoms with Gasteiger partial charge in [0, 0.05) is 31.1 Å². The van der Waals surface area contributed by atoms with E-state index in [1.54, 1.807) is 18.3 Å². The third kappa shape index (κ3) is 3.58. The molecule has 0 atom stereocenters. The van der Waals surface area contributed by atoms with Crippen LogP contribution in [0.2, 0.25) is 0 Å². The van der Waals surface area contributed by atoms with Crippen LogP contribution in [0.15, 0.2) is 47.6 Å². The molecule has 0 unspecified atom stereocenters. The number of sulfonamides is 1. The van der Waals surface area contributed by atoms with Crippen LogP contribution in [0.3, 0.4) is 0 Å². The normalized spacial score (nSPS) is 11.3. The van der Waals surface area contributed by atoms with Crippen molar-refractivity contribution in [3.63, 3.8) is 0 Å². The lowest BCUT2D eigenvalue weighted by atomic mass is 10.3. The number of nitro groups is 1. The van der Waals surface area contributed by atoms with E-state index >= 15 is 0 Å². The summed E-state index contributed by atoms with van der Waals surface area (Å²) in [6, 6.07) is 5.73. The molecule has 110 valence electrons. The third-order valence-electron chi connectivity index (χ3n) is 2.62. The average molecular weight is 311 g/mol. The number of nitro benzene ring substituents is 1. The minimum absolute atomic E-state index is 0.0191. The van der Waals surface area contributed by atoms with Crippen LogP contribution in [0.5, 0.6) is 0 Å². The van der Waals surface area contributed by atoms with E-state index < -0.39 is 26.5 Å². The second-order valence-corrected chi connectivity index (χ2v) is 5.82. The summed E-state index contributed by atoms with van der Waals surface area (Å²) >= 11 is 0. The first kappa shape index (κ1) is 15.0. The molecule has 0 bridgehead atoms. The van der Waals surface area contributed by atoms with Gasteiger partial charge in [0.1, 0.15) is 0 Å². The number of benzene rings is 1. The number of hydrogen-bond acceptors (Lipinski definition) is 5. The number of nitrogens with zero attached hydrogens (tertiary/aromatic N) is 2. The van der Waals surface area contributed by atoms with Crippen LogP contribution in [0.4, 0.5) is 10.1 Å². The molecule has 1 N–H and O–H groups in total. The van der Waals surface area contributed by atoms with E-state index in [-0.39, 0.29) is 11.4 Å². The van der Waals surface area contributed by atoms with Crippen molar-refractivity contribution in [1.82, 2.24) is 9.71 Å². The van der Waals surface area contributed by atoms with Crippen molar-refractivity contribution >= 4 is 15.7 Å². The zero-order valence-corrected chi connectivity index (χ0v) is 11.4. The van der Waals surface area contributed by atoms with Gasteiger partial charge in [-0.2, -0.15) is 4.39 Å². The Hall–Kier alpha value is -2.39. The molecule has 0 spiro atoms. The summed E-state index contributed by atoms with van der Waals surface area (Å²) in [5.41, 5.74) is -0.148. The third-order valence-corrected chi connectivity index (χ3v) is 4.01. The van der Waals surface area contributed by atoms with Gasteiger partial charge >= 0.3 is 5.69 Å². The highest BCUT2D eigenvalue weighted by molar-refractivity contribution is 7.89. The minimum atomic E-state index is -3.96. The van der Waals surface area contributed by atoms with Crippen molar-refractivity contribution in [2.24, 2.45) is 0 Å². The molecule has 2 rings (SSSR count). The molecule has 0 radical (unpaired) electrons. The van der Waals surface area contributed by atoms with Crippen molar-refractivity contribution in [3.8, 4) is 0 Å². The fraction of sp³-hybridized carbons (Fsp3) is 0.0833. The first-order valence-corrected chi connectivity index (χ1v) is 7.21. The minimum Gasteiger partial charge on any atom is -0.264 e. The van der Waals surface area contributed by atoms with Gasteiger partial charge in [-0.15, -0.1) is 0 Å². The maximum absolute atomic E-state index is 13.5. The quantitative estimate of drug-likeness (QED) is 0.667. The van der Waals surface area contributed by atoms with Gasteiger partial charge in [-0.25, -0.2) is 13.1 Å². The molecule has 0 aliphatic rings. The second-order valence-electron chi connectivity index (χ2n) is 4.06. The Morgan fingerprint density at radius 2 is 2.10 bits per heavy atom. The molecule has 21 heavy (non-hydrogen) atoms. The maximum Gasteiger partial charge on any atom is 0.304 e. The molecule has 2 aromatic rings. The van der Waals surface area contributed by atoms with Crippen LogP contribution in [-0.2, 0) is 16.6 Å². The summed E-state index contributed by atoms with van der Waals surface area (Å²) in [5.74, 6) is -1.20. The molecule has 1 aromatic carbocycles. The summed E-state index contributed by atoms with van der Waals surface area (Å²) in [4.78, 5) is 13.0. The maximum atomic E-state index is 13.5. The van der Waals surface area contributed by atoms with Crippen molar-refractivity contribution < 1.29 is 17.7 Å². The summed E-state index contributed by atoms with van der Waals surface area (Å²) in [7, 11) is -3.96. The SMILES string of the molecule is O=[N+]([O-])c1ccc(S(=O)(=O)NCc2cccnc2)cc1F. The second kappa shape index (κ2) is 5.94. The highest BCUT2D eigenvalue weighted by atomic mass is 32.2. The monoisotopic (exact) mass is 311 g/mol.